The number of hydrogen-bond acceptors (Lipinski definition) is 4. The van der Waals surface area contributed by atoms with E-state index in [0.717, 1.165) is 17.1 Å². The normalized spacial score (nSPS) is 11.6. The average Bonchev–Trinajstić information content (AvgIpc) is 2.97. The van der Waals surface area contributed by atoms with Crippen LogP contribution in [0.15, 0.2) is 17.7 Å². The SMILES string of the molecule is COCCCN(C)C(=O)/C=C/c1c(Cl)nc2sccn12. The molecule has 0 fully saturated rings. The van der Waals surface area contributed by atoms with E-state index in [0.29, 0.717) is 18.3 Å². The van der Waals surface area contributed by atoms with Gasteiger partial charge in [0.1, 0.15) is 0 Å². The Labute approximate surface area is 126 Å². The Morgan fingerprint density at radius 3 is 3.20 bits per heavy atom. The van der Waals surface area contributed by atoms with E-state index in [2.05, 4.69) is 4.98 Å². The predicted octanol–water partition coefficient (Wildman–Crippen LogP) is 2.56. The van der Waals surface area contributed by atoms with Gasteiger partial charge in [-0.3, -0.25) is 9.20 Å². The second-order valence-electron chi connectivity index (χ2n) is 4.28. The Bertz CT molecular complexity index is 620. The predicted molar refractivity (Wildman–Crippen MR) is 81.2 cm³/mol. The lowest BCUT2D eigenvalue weighted by atomic mass is 10.3. The lowest BCUT2D eigenvalue weighted by Crippen LogP contribution is -2.26. The zero-order chi connectivity index (χ0) is 14.5. The van der Waals surface area contributed by atoms with Crippen molar-refractivity contribution in [3.63, 3.8) is 0 Å². The molecule has 0 atom stereocenters. The number of likely N-dealkylation sites (N-methyl/N-ethyl adjacent to an activating group) is 1. The molecule has 2 heterocycles. The Hall–Kier alpha value is -1.37. The van der Waals surface area contributed by atoms with Crippen molar-refractivity contribution in [3.8, 4) is 0 Å². The molecule has 0 aliphatic rings. The van der Waals surface area contributed by atoms with Crippen molar-refractivity contribution < 1.29 is 9.53 Å². The number of rotatable bonds is 6. The van der Waals surface area contributed by atoms with Crippen LogP contribution in [0.25, 0.3) is 11.0 Å². The number of fused-ring (bicyclic) bond motifs is 1. The number of ether oxygens (including phenoxy) is 1. The van der Waals surface area contributed by atoms with E-state index in [1.54, 1.807) is 25.1 Å². The van der Waals surface area contributed by atoms with Gasteiger partial charge in [-0.15, -0.1) is 11.3 Å². The number of methoxy groups -OCH3 is 1. The van der Waals surface area contributed by atoms with Crippen LogP contribution in [0.2, 0.25) is 5.15 Å². The van der Waals surface area contributed by atoms with Crippen LogP contribution in [0, 0.1) is 0 Å². The van der Waals surface area contributed by atoms with Gasteiger partial charge in [0.15, 0.2) is 10.1 Å². The van der Waals surface area contributed by atoms with Gasteiger partial charge in [-0.2, -0.15) is 0 Å². The van der Waals surface area contributed by atoms with E-state index in [4.69, 9.17) is 16.3 Å². The third-order valence-corrected chi connectivity index (χ3v) is 3.89. The molecule has 0 saturated heterocycles. The molecule has 1 amide bonds. The van der Waals surface area contributed by atoms with E-state index >= 15 is 0 Å². The van der Waals surface area contributed by atoms with Crippen molar-refractivity contribution in [1.82, 2.24) is 14.3 Å². The van der Waals surface area contributed by atoms with Crippen LogP contribution in [0.1, 0.15) is 12.1 Å². The van der Waals surface area contributed by atoms with Crippen molar-refractivity contribution in [2.24, 2.45) is 0 Å². The van der Waals surface area contributed by atoms with E-state index in [1.165, 1.54) is 17.4 Å². The standard InChI is InChI=1S/C13H16ClN3O2S/c1-16(6-3-8-19-2)11(18)5-4-10-12(14)15-13-17(10)7-9-20-13/h4-5,7,9H,3,6,8H2,1-2H3/b5-4+. The van der Waals surface area contributed by atoms with Gasteiger partial charge in [-0.25, -0.2) is 4.98 Å². The summed E-state index contributed by atoms with van der Waals surface area (Å²) in [6, 6.07) is 0. The molecule has 5 nitrogen and oxygen atoms in total. The summed E-state index contributed by atoms with van der Waals surface area (Å²) in [6.07, 6.45) is 5.91. The number of carbonyl (C=O) groups is 1. The maximum atomic E-state index is 11.9. The fourth-order valence-corrected chi connectivity index (χ4v) is 2.76. The molecular weight excluding hydrogens is 298 g/mol. The summed E-state index contributed by atoms with van der Waals surface area (Å²) >= 11 is 7.56. The number of carbonyl (C=O) groups excluding carboxylic acids is 1. The summed E-state index contributed by atoms with van der Waals surface area (Å²) in [5, 5.41) is 2.33. The second kappa shape index (κ2) is 6.88. The summed E-state index contributed by atoms with van der Waals surface area (Å²) in [7, 11) is 3.41. The van der Waals surface area contributed by atoms with E-state index in [-0.39, 0.29) is 5.91 Å². The summed E-state index contributed by atoms with van der Waals surface area (Å²) < 4.78 is 6.82. The van der Waals surface area contributed by atoms with Gasteiger partial charge in [0.05, 0.1) is 5.69 Å². The smallest absolute Gasteiger partial charge is 0.246 e. The molecule has 20 heavy (non-hydrogen) atoms. The molecule has 0 unspecified atom stereocenters. The first kappa shape index (κ1) is 15.0. The first-order valence-electron chi connectivity index (χ1n) is 6.16. The van der Waals surface area contributed by atoms with Crippen LogP contribution in [0.4, 0.5) is 0 Å². The third kappa shape index (κ3) is 3.39. The third-order valence-electron chi connectivity index (χ3n) is 2.86. The van der Waals surface area contributed by atoms with Crippen LogP contribution in [-0.4, -0.2) is 47.5 Å². The van der Waals surface area contributed by atoms with Crippen molar-refractivity contribution in [2.45, 2.75) is 6.42 Å². The van der Waals surface area contributed by atoms with Gasteiger partial charge in [0, 0.05) is 45.0 Å². The molecule has 0 bridgehead atoms. The molecule has 0 radical (unpaired) electrons. The number of aromatic nitrogens is 2. The Kier molecular flexibility index (Phi) is 5.17. The van der Waals surface area contributed by atoms with Crippen LogP contribution in [0.3, 0.4) is 0 Å². The lowest BCUT2D eigenvalue weighted by Gasteiger charge is -2.14. The van der Waals surface area contributed by atoms with Gasteiger partial charge >= 0.3 is 0 Å². The van der Waals surface area contributed by atoms with E-state index < -0.39 is 0 Å². The quantitative estimate of drug-likeness (QED) is 0.608. The maximum Gasteiger partial charge on any atom is 0.246 e. The number of halogens is 1. The summed E-state index contributed by atoms with van der Waals surface area (Å²) in [4.78, 5) is 18.6. The van der Waals surface area contributed by atoms with Gasteiger partial charge in [-0.05, 0) is 12.5 Å². The minimum Gasteiger partial charge on any atom is -0.385 e. The number of hydrogen-bond donors (Lipinski definition) is 0. The van der Waals surface area contributed by atoms with Crippen LogP contribution >= 0.6 is 22.9 Å². The molecule has 2 aromatic heterocycles. The fraction of sp³-hybridized carbons (Fsp3) is 0.385. The Morgan fingerprint density at radius 1 is 1.65 bits per heavy atom. The van der Waals surface area contributed by atoms with Crippen LogP contribution < -0.4 is 0 Å². The number of imidazole rings is 1. The molecule has 0 aromatic carbocycles. The first-order valence-corrected chi connectivity index (χ1v) is 7.42. The summed E-state index contributed by atoms with van der Waals surface area (Å²) in [6.45, 7) is 1.30. The molecule has 7 heteroatoms. The first-order chi connectivity index (χ1) is 9.63. The highest BCUT2D eigenvalue weighted by atomic mass is 35.5. The maximum absolute atomic E-state index is 11.9. The van der Waals surface area contributed by atoms with E-state index in [1.807, 2.05) is 16.0 Å². The zero-order valence-electron chi connectivity index (χ0n) is 11.4. The van der Waals surface area contributed by atoms with Gasteiger partial charge in [0.2, 0.25) is 5.91 Å². The minimum atomic E-state index is -0.0673. The van der Waals surface area contributed by atoms with Gasteiger partial charge < -0.3 is 9.64 Å². The molecule has 2 rings (SSSR count). The molecule has 0 N–H and O–H groups in total. The molecule has 0 spiro atoms. The molecule has 0 aliphatic carbocycles. The van der Waals surface area contributed by atoms with Crippen molar-refractivity contribution in [2.75, 3.05) is 27.3 Å². The molecule has 2 aromatic rings. The van der Waals surface area contributed by atoms with E-state index in [9.17, 15) is 4.79 Å². The largest absolute Gasteiger partial charge is 0.385 e. The number of nitrogens with zero attached hydrogens (tertiary/aromatic N) is 3. The highest BCUT2D eigenvalue weighted by Crippen LogP contribution is 2.22. The second-order valence-corrected chi connectivity index (χ2v) is 5.51. The van der Waals surface area contributed by atoms with Gasteiger partial charge in [0.25, 0.3) is 0 Å². The Balaban J connectivity index is 2.03. The minimum absolute atomic E-state index is 0.0673. The summed E-state index contributed by atoms with van der Waals surface area (Å²) in [5.41, 5.74) is 0.724. The number of thiazole rings is 1. The fourth-order valence-electron chi connectivity index (χ4n) is 1.76. The monoisotopic (exact) mass is 313 g/mol. The lowest BCUT2D eigenvalue weighted by molar-refractivity contribution is -0.124. The molecule has 0 saturated carbocycles. The number of amides is 1. The zero-order valence-corrected chi connectivity index (χ0v) is 12.9. The van der Waals surface area contributed by atoms with Crippen molar-refractivity contribution in [3.05, 3.63) is 28.5 Å². The molecular formula is C13H16ClN3O2S. The topological polar surface area (TPSA) is 46.8 Å². The molecule has 0 aliphatic heterocycles. The highest BCUT2D eigenvalue weighted by Gasteiger charge is 2.10. The summed E-state index contributed by atoms with van der Waals surface area (Å²) in [5.74, 6) is -0.0673. The van der Waals surface area contributed by atoms with Crippen molar-refractivity contribution >= 4 is 39.9 Å². The average molecular weight is 314 g/mol. The highest BCUT2D eigenvalue weighted by molar-refractivity contribution is 7.15. The Morgan fingerprint density at radius 2 is 2.45 bits per heavy atom. The molecule has 108 valence electrons. The van der Waals surface area contributed by atoms with Crippen molar-refractivity contribution in [1.29, 1.82) is 0 Å². The van der Waals surface area contributed by atoms with Crippen LogP contribution in [-0.2, 0) is 9.53 Å². The van der Waals surface area contributed by atoms with Gasteiger partial charge in [-0.1, -0.05) is 11.6 Å². The van der Waals surface area contributed by atoms with Crippen LogP contribution in [0.5, 0.6) is 0 Å².